The predicted octanol–water partition coefficient (Wildman–Crippen LogP) is 5.44. The second-order valence-electron chi connectivity index (χ2n) is 6.20. The third-order valence-electron chi connectivity index (χ3n) is 4.51. The molecule has 0 atom stereocenters. The summed E-state index contributed by atoms with van der Waals surface area (Å²) in [5.41, 5.74) is 3.85. The van der Waals surface area contributed by atoms with Gasteiger partial charge in [-0.1, -0.05) is 29.3 Å². The minimum atomic E-state index is 0.530. The lowest BCUT2D eigenvalue weighted by molar-refractivity contribution is 0.570. The van der Waals surface area contributed by atoms with Gasteiger partial charge in [-0.05, 0) is 43.5 Å². The molecule has 3 heterocycles. The van der Waals surface area contributed by atoms with Gasteiger partial charge in [0.2, 0.25) is 5.95 Å². The predicted molar refractivity (Wildman–Crippen MR) is 103 cm³/mol. The maximum Gasteiger partial charge on any atom is 0.203 e. The normalized spacial score (nSPS) is 14.7. The highest BCUT2D eigenvalue weighted by Crippen LogP contribution is 2.35. The molecule has 25 heavy (non-hydrogen) atoms. The minimum absolute atomic E-state index is 0.530. The van der Waals surface area contributed by atoms with Crippen LogP contribution in [0.3, 0.4) is 0 Å². The van der Waals surface area contributed by atoms with Crippen molar-refractivity contribution < 1.29 is 0 Å². The number of nitrogens with one attached hydrogen (secondary N) is 1. The number of hydrogen-bond acceptors (Lipinski definition) is 3. The van der Waals surface area contributed by atoms with Crippen molar-refractivity contribution in [2.75, 3.05) is 18.0 Å². The zero-order chi connectivity index (χ0) is 17.2. The second kappa shape index (κ2) is 7.06. The van der Waals surface area contributed by atoms with Crippen molar-refractivity contribution in [3.8, 4) is 22.5 Å². The summed E-state index contributed by atoms with van der Waals surface area (Å²) in [7, 11) is 0. The largest absolute Gasteiger partial charge is 0.342 e. The van der Waals surface area contributed by atoms with Gasteiger partial charge < -0.3 is 9.88 Å². The molecule has 1 aliphatic rings. The second-order valence-corrected chi connectivity index (χ2v) is 7.01. The first-order valence-electron chi connectivity index (χ1n) is 8.43. The molecule has 1 N–H and O–H groups in total. The molecule has 4 rings (SSSR count). The number of aromatic amines is 1. The van der Waals surface area contributed by atoms with E-state index >= 15 is 0 Å². The zero-order valence-corrected chi connectivity index (χ0v) is 15.2. The van der Waals surface area contributed by atoms with Crippen LogP contribution in [0.15, 0.2) is 42.7 Å². The highest BCUT2D eigenvalue weighted by molar-refractivity contribution is 6.42. The fourth-order valence-corrected chi connectivity index (χ4v) is 3.49. The van der Waals surface area contributed by atoms with Gasteiger partial charge in [-0.2, -0.15) is 0 Å². The van der Waals surface area contributed by atoms with E-state index in [0.29, 0.717) is 10.0 Å². The molecule has 1 fully saturated rings. The molecule has 128 valence electrons. The average Bonchev–Trinajstić information content (AvgIpc) is 3.11. The minimum Gasteiger partial charge on any atom is -0.342 e. The Kier molecular flexibility index (Phi) is 4.64. The monoisotopic (exact) mass is 372 g/mol. The number of benzene rings is 1. The molecule has 1 aromatic carbocycles. The Hall–Kier alpha value is -2.04. The lowest BCUT2D eigenvalue weighted by atomic mass is 10.1. The van der Waals surface area contributed by atoms with Crippen LogP contribution in [0.1, 0.15) is 19.3 Å². The highest BCUT2D eigenvalue weighted by atomic mass is 35.5. The van der Waals surface area contributed by atoms with Crippen molar-refractivity contribution in [1.29, 1.82) is 0 Å². The number of rotatable bonds is 3. The van der Waals surface area contributed by atoms with E-state index in [-0.39, 0.29) is 0 Å². The van der Waals surface area contributed by atoms with Gasteiger partial charge in [0.15, 0.2) is 0 Å². The van der Waals surface area contributed by atoms with Gasteiger partial charge in [-0.3, -0.25) is 4.98 Å². The van der Waals surface area contributed by atoms with Crippen LogP contribution in [0, 0.1) is 0 Å². The summed E-state index contributed by atoms with van der Waals surface area (Å²) < 4.78 is 0. The molecule has 6 heteroatoms. The summed E-state index contributed by atoms with van der Waals surface area (Å²) in [5.74, 6) is 0.910. The molecule has 0 aliphatic carbocycles. The summed E-state index contributed by atoms with van der Waals surface area (Å²) in [5, 5.41) is 1.07. The van der Waals surface area contributed by atoms with Crippen molar-refractivity contribution in [3.63, 3.8) is 0 Å². The summed E-state index contributed by atoms with van der Waals surface area (Å²) in [6.07, 6.45) is 7.26. The molecule has 1 aliphatic heterocycles. The molecular weight excluding hydrogens is 355 g/mol. The number of H-pyrrole nitrogens is 1. The number of anilines is 1. The quantitative estimate of drug-likeness (QED) is 0.665. The van der Waals surface area contributed by atoms with Crippen LogP contribution >= 0.6 is 23.2 Å². The standard InChI is InChI=1S/C19H18Cl2N4/c20-15-5-4-14(12-16(15)21)18-17(13-6-8-22-9-7-13)23-19(24-18)25-10-2-1-3-11-25/h4-9,12H,1-3,10-11H2,(H,23,24). The lowest BCUT2D eigenvalue weighted by Gasteiger charge is -2.25. The number of pyridine rings is 1. The molecule has 1 saturated heterocycles. The molecule has 0 saturated carbocycles. The molecule has 0 radical (unpaired) electrons. The molecule has 0 bridgehead atoms. The van der Waals surface area contributed by atoms with Crippen molar-refractivity contribution in [2.45, 2.75) is 19.3 Å². The maximum atomic E-state index is 6.23. The number of halogens is 2. The molecule has 0 unspecified atom stereocenters. The highest BCUT2D eigenvalue weighted by Gasteiger charge is 2.20. The summed E-state index contributed by atoms with van der Waals surface area (Å²) in [6, 6.07) is 9.59. The Balaban J connectivity index is 1.82. The number of imidazole rings is 1. The Bertz CT molecular complexity index is 870. The summed E-state index contributed by atoms with van der Waals surface area (Å²) in [4.78, 5) is 14.8. The number of nitrogens with zero attached hydrogens (tertiary/aromatic N) is 3. The molecular formula is C19H18Cl2N4. The first-order valence-corrected chi connectivity index (χ1v) is 9.19. The topological polar surface area (TPSA) is 44.8 Å². The van der Waals surface area contributed by atoms with Gasteiger partial charge in [-0.25, -0.2) is 4.98 Å². The van der Waals surface area contributed by atoms with E-state index < -0.39 is 0 Å². The van der Waals surface area contributed by atoms with Crippen LogP contribution in [0.2, 0.25) is 10.0 Å². The van der Waals surface area contributed by atoms with Gasteiger partial charge >= 0.3 is 0 Å². The van der Waals surface area contributed by atoms with Gasteiger partial charge in [0.1, 0.15) is 0 Å². The van der Waals surface area contributed by atoms with E-state index in [1.165, 1.54) is 19.3 Å². The summed E-state index contributed by atoms with van der Waals surface area (Å²) in [6.45, 7) is 2.06. The number of aromatic nitrogens is 3. The van der Waals surface area contributed by atoms with Crippen LogP contribution in [0.4, 0.5) is 5.95 Å². The van der Waals surface area contributed by atoms with E-state index in [4.69, 9.17) is 28.2 Å². The smallest absolute Gasteiger partial charge is 0.203 e. The van der Waals surface area contributed by atoms with E-state index in [1.54, 1.807) is 12.4 Å². The van der Waals surface area contributed by atoms with E-state index in [9.17, 15) is 0 Å². The van der Waals surface area contributed by atoms with Crippen LogP contribution in [-0.4, -0.2) is 28.0 Å². The van der Waals surface area contributed by atoms with Crippen LogP contribution in [-0.2, 0) is 0 Å². The number of piperidine rings is 1. The fraction of sp³-hybridized carbons (Fsp3) is 0.263. The first kappa shape index (κ1) is 16.4. The molecule has 0 amide bonds. The third kappa shape index (κ3) is 3.37. The Morgan fingerprint density at radius 2 is 1.64 bits per heavy atom. The fourth-order valence-electron chi connectivity index (χ4n) is 3.20. The van der Waals surface area contributed by atoms with Crippen molar-refractivity contribution in [2.24, 2.45) is 0 Å². The van der Waals surface area contributed by atoms with Gasteiger partial charge in [0.25, 0.3) is 0 Å². The summed E-state index contributed by atoms with van der Waals surface area (Å²) >= 11 is 12.3. The first-order chi connectivity index (χ1) is 12.2. The van der Waals surface area contributed by atoms with Crippen molar-refractivity contribution in [1.82, 2.24) is 15.0 Å². The Morgan fingerprint density at radius 3 is 2.36 bits per heavy atom. The molecule has 4 nitrogen and oxygen atoms in total. The number of hydrogen-bond donors (Lipinski definition) is 1. The molecule has 0 spiro atoms. The molecule has 3 aromatic rings. The van der Waals surface area contributed by atoms with E-state index in [1.807, 2.05) is 30.3 Å². The third-order valence-corrected chi connectivity index (χ3v) is 5.25. The Morgan fingerprint density at radius 1 is 0.880 bits per heavy atom. The van der Waals surface area contributed by atoms with Crippen molar-refractivity contribution >= 4 is 29.2 Å². The molecule has 2 aromatic heterocycles. The van der Waals surface area contributed by atoms with Crippen LogP contribution in [0.5, 0.6) is 0 Å². The Labute approximate surface area is 156 Å². The SMILES string of the molecule is Clc1ccc(-c2nc(N3CCCCC3)[nH]c2-c2ccncc2)cc1Cl. The van der Waals surface area contributed by atoms with E-state index in [0.717, 1.165) is 41.6 Å². The lowest BCUT2D eigenvalue weighted by Crippen LogP contribution is -2.30. The average molecular weight is 373 g/mol. The van der Waals surface area contributed by atoms with Gasteiger partial charge in [0, 0.05) is 36.6 Å². The zero-order valence-electron chi connectivity index (χ0n) is 13.7. The van der Waals surface area contributed by atoms with Crippen molar-refractivity contribution in [3.05, 3.63) is 52.8 Å². The maximum absolute atomic E-state index is 6.23. The van der Waals surface area contributed by atoms with Crippen LogP contribution in [0.25, 0.3) is 22.5 Å². The van der Waals surface area contributed by atoms with Gasteiger partial charge in [-0.15, -0.1) is 0 Å². The van der Waals surface area contributed by atoms with Gasteiger partial charge in [0.05, 0.1) is 21.4 Å². The van der Waals surface area contributed by atoms with Crippen LogP contribution < -0.4 is 4.90 Å². The van der Waals surface area contributed by atoms with E-state index in [2.05, 4.69) is 14.9 Å².